The second-order valence-electron chi connectivity index (χ2n) is 5.43. The van der Waals surface area contributed by atoms with Gasteiger partial charge < -0.3 is 10.6 Å². The quantitative estimate of drug-likeness (QED) is 0.540. The van der Waals surface area contributed by atoms with Crippen LogP contribution in [0.4, 0.5) is 0 Å². The molecule has 0 bridgehead atoms. The van der Waals surface area contributed by atoms with E-state index in [0.717, 1.165) is 25.6 Å². The molecule has 82 valence electrons. The summed E-state index contributed by atoms with van der Waals surface area (Å²) in [6.07, 6.45) is 1.21. The Bertz CT molecular complexity index is 219. The van der Waals surface area contributed by atoms with E-state index in [1.54, 1.807) is 0 Å². The molecule has 1 heterocycles. The van der Waals surface area contributed by atoms with E-state index in [4.69, 9.17) is 5.73 Å². The Balaban J connectivity index is 2.46. The van der Waals surface area contributed by atoms with Gasteiger partial charge in [0.1, 0.15) is 0 Å². The molecule has 1 saturated heterocycles. The van der Waals surface area contributed by atoms with Crippen LogP contribution in [0.5, 0.6) is 0 Å². The number of hydrogen-bond acceptors (Lipinski definition) is 1. The summed E-state index contributed by atoms with van der Waals surface area (Å²) in [5.41, 5.74) is 6.33. The van der Waals surface area contributed by atoms with Crippen molar-refractivity contribution in [2.24, 2.45) is 22.1 Å². The fraction of sp³-hybridized carbons (Fsp3) is 0.909. The average molecular weight is 197 g/mol. The number of hydrogen-bond donors (Lipinski definition) is 1. The number of rotatable bonds is 2. The Morgan fingerprint density at radius 3 is 2.57 bits per heavy atom. The maximum Gasteiger partial charge on any atom is 0.191 e. The molecule has 0 saturated carbocycles. The summed E-state index contributed by atoms with van der Waals surface area (Å²) in [5, 5.41) is 0. The van der Waals surface area contributed by atoms with Gasteiger partial charge in [0.05, 0.1) is 0 Å². The maximum atomic E-state index is 5.92. The van der Waals surface area contributed by atoms with E-state index in [2.05, 4.69) is 37.6 Å². The molecule has 1 aliphatic rings. The summed E-state index contributed by atoms with van der Waals surface area (Å²) >= 11 is 0. The van der Waals surface area contributed by atoms with Gasteiger partial charge in [-0.1, -0.05) is 27.7 Å². The Morgan fingerprint density at radius 1 is 1.50 bits per heavy atom. The fourth-order valence-corrected chi connectivity index (χ4v) is 1.68. The Labute approximate surface area is 87.4 Å². The molecule has 0 radical (unpaired) electrons. The van der Waals surface area contributed by atoms with Crippen LogP contribution in [0.2, 0.25) is 0 Å². The summed E-state index contributed by atoms with van der Waals surface area (Å²) in [6, 6.07) is 0. The molecule has 0 aromatic rings. The van der Waals surface area contributed by atoms with E-state index in [0.29, 0.717) is 11.3 Å². The topological polar surface area (TPSA) is 41.6 Å². The molecule has 0 atom stereocenters. The number of likely N-dealkylation sites (tertiary alicyclic amines) is 1. The van der Waals surface area contributed by atoms with Crippen LogP contribution in [0.25, 0.3) is 0 Å². The molecule has 1 aliphatic heterocycles. The average Bonchev–Trinajstić information content (AvgIpc) is 2.41. The van der Waals surface area contributed by atoms with Gasteiger partial charge in [0.2, 0.25) is 0 Å². The lowest BCUT2D eigenvalue weighted by molar-refractivity contribution is 0.373. The number of nitrogens with zero attached hydrogens (tertiary/aromatic N) is 2. The Morgan fingerprint density at radius 2 is 2.14 bits per heavy atom. The largest absolute Gasteiger partial charge is 0.370 e. The molecule has 0 unspecified atom stereocenters. The number of guanidine groups is 1. The standard InChI is InChI=1S/C11H23N3/c1-9(2)7-13-10(12)14-6-5-11(3,4)8-14/h9H,5-8H2,1-4H3,(H2,12,13). The first-order valence-electron chi connectivity index (χ1n) is 5.45. The van der Waals surface area contributed by atoms with Crippen LogP contribution in [0.1, 0.15) is 34.1 Å². The van der Waals surface area contributed by atoms with Crippen molar-refractivity contribution in [3.63, 3.8) is 0 Å². The molecule has 1 rings (SSSR count). The molecular weight excluding hydrogens is 174 g/mol. The van der Waals surface area contributed by atoms with Crippen molar-refractivity contribution in [3.05, 3.63) is 0 Å². The Hall–Kier alpha value is -0.730. The van der Waals surface area contributed by atoms with Crippen LogP contribution in [-0.4, -0.2) is 30.5 Å². The number of aliphatic imine (C=N–C) groups is 1. The van der Waals surface area contributed by atoms with Gasteiger partial charge in [-0.2, -0.15) is 0 Å². The first kappa shape index (κ1) is 11.3. The zero-order valence-corrected chi connectivity index (χ0v) is 9.88. The summed E-state index contributed by atoms with van der Waals surface area (Å²) in [4.78, 5) is 6.59. The van der Waals surface area contributed by atoms with Crippen molar-refractivity contribution in [1.29, 1.82) is 0 Å². The minimum Gasteiger partial charge on any atom is -0.370 e. The molecule has 0 aromatic carbocycles. The fourth-order valence-electron chi connectivity index (χ4n) is 1.68. The van der Waals surface area contributed by atoms with E-state index in [1.807, 2.05) is 0 Å². The molecule has 3 nitrogen and oxygen atoms in total. The van der Waals surface area contributed by atoms with E-state index in [-0.39, 0.29) is 0 Å². The van der Waals surface area contributed by atoms with Crippen molar-refractivity contribution < 1.29 is 0 Å². The second kappa shape index (κ2) is 4.20. The zero-order valence-electron chi connectivity index (χ0n) is 9.88. The third-order valence-corrected chi connectivity index (χ3v) is 2.62. The van der Waals surface area contributed by atoms with Gasteiger partial charge in [0.15, 0.2) is 5.96 Å². The highest BCUT2D eigenvalue weighted by Gasteiger charge is 2.29. The highest BCUT2D eigenvalue weighted by atomic mass is 15.3. The lowest BCUT2D eigenvalue weighted by atomic mass is 9.93. The molecule has 0 spiro atoms. The van der Waals surface area contributed by atoms with E-state index in [1.165, 1.54) is 6.42 Å². The molecule has 0 aliphatic carbocycles. The first-order chi connectivity index (χ1) is 6.41. The van der Waals surface area contributed by atoms with Crippen molar-refractivity contribution in [2.75, 3.05) is 19.6 Å². The van der Waals surface area contributed by atoms with Gasteiger partial charge in [-0.05, 0) is 17.8 Å². The third kappa shape index (κ3) is 3.20. The van der Waals surface area contributed by atoms with Gasteiger partial charge >= 0.3 is 0 Å². The van der Waals surface area contributed by atoms with Gasteiger partial charge in [0.25, 0.3) is 0 Å². The van der Waals surface area contributed by atoms with Gasteiger partial charge in [-0.25, -0.2) is 0 Å². The highest BCUT2D eigenvalue weighted by Crippen LogP contribution is 2.28. The van der Waals surface area contributed by atoms with Crippen LogP contribution < -0.4 is 5.73 Å². The zero-order chi connectivity index (χ0) is 10.8. The molecule has 1 fully saturated rings. The predicted molar refractivity (Wildman–Crippen MR) is 61.3 cm³/mol. The molecular formula is C11H23N3. The van der Waals surface area contributed by atoms with Crippen LogP contribution in [0.3, 0.4) is 0 Å². The van der Waals surface area contributed by atoms with Crippen molar-refractivity contribution in [2.45, 2.75) is 34.1 Å². The molecule has 0 amide bonds. The highest BCUT2D eigenvalue weighted by molar-refractivity contribution is 5.78. The summed E-state index contributed by atoms with van der Waals surface area (Å²) in [5.74, 6) is 1.31. The lowest BCUT2D eigenvalue weighted by Gasteiger charge is -2.20. The maximum absolute atomic E-state index is 5.92. The van der Waals surface area contributed by atoms with Crippen molar-refractivity contribution in [3.8, 4) is 0 Å². The van der Waals surface area contributed by atoms with Crippen LogP contribution in [-0.2, 0) is 0 Å². The molecule has 3 heteroatoms. The van der Waals surface area contributed by atoms with Gasteiger partial charge in [-0.15, -0.1) is 0 Å². The lowest BCUT2D eigenvalue weighted by Crippen LogP contribution is -2.36. The van der Waals surface area contributed by atoms with Crippen molar-refractivity contribution in [1.82, 2.24) is 4.90 Å². The molecule has 2 N–H and O–H groups in total. The van der Waals surface area contributed by atoms with Crippen LogP contribution >= 0.6 is 0 Å². The minimum absolute atomic E-state index is 0.401. The summed E-state index contributed by atoms with van der Waals surface area (Å²) in [7, 11) is 0. The SMILES string of the molecule is CC(C)CN=C(N)N1CCC(C)(C)C1. The first-order valence-corrected chi connectivity index (χ1v) is 5.45. The molecule has 14 heavy (non-hydrogen) atoms. The van der Waals surface area contributed by atoms with E-state index in [9.17, 15) is 0 Å². The monoisotopic (exact) mass is 197 g/mol. The van der Waals surface area contributed by atoms with E-state index < -0.39 is 0 Å². The number of nitrogens with two attached hydrogens (primary N) is 1. The van der Waals surface area contributed by atoms with Crippen LogP contribution in [0, 0.1) is 11.3 Å². The minimum atomic E-state index is 0.401. The third-order valence-electron chi connectivity index (χ3n) is 2.62. The normalized spacial score (nSPS) is 22.1. The summed E-state index contributed by atoms with van der Waals surface area (Å²) in [6.45, 7) is 11.8. The second-order valence-corrected chi connectivity index (χ2v) is 5.43. The van der Waals surface area contributed by atoms with Gasteiger partial charge in [-0.3, -0.25) is 4.99 Å². The predicted octanol–water partition coefficient (Wildman–Crippen LogP) is 1.69. The summed E-state index contributed by atoms with van der Waals surface area (Å²) < 4.78 is 0. The molecule has 0 aromatic heterocycles. The van der Waals surface area contributed by atoms with Crippen molar-refractivity contribution >= 4 is 5.96 Å². The smallest absolute Gasteiger partial charge is 0.191 e. The van der Waals surface area contributed by atoms with E-state index >= 15 is 0 Å². The van der Waals surface area contributed by atoms with Crippen LogP contribution in [0.15, 0.2) is 4.99 Å². The van der Waals surface area contributed by atoms with Gasteiger partial charge in [0, 0.05) is 19.6 Å². The Kier molecular flexibility index (Phi) is 3.40.